The van der Waals surface area contributed by atoms with E-state index in [-0.39, 0.29) is 0 Å². The number of amides is 1. The lowest BCUT2D eigenvalue weighted by atomic mass is 10.1. The molecular formula is C17H21ClN4O2. The number of benzene rings is 1. The van der Waals surface area contributed by atoms with Gasteiger partial charge in [0.05, 0.1) is 5.69 Å². The highest BCUT2D eigenvalue weighted by Crippen LogP contribution is 2.22. The first-order chi connectivity index (χ1) is 11.5. The second-order valence-electron chi connectivity index (χ2n) is 5.63. The maximum atomic E-state index is 10.4. The molecule has 0 aliphatic rings. The number of rotatable bonds is 7. The quantitative estimate of drug-likeness (QED) is 0.749. The number of unbranched alkanes of at least 4 members (excludes halogenated alkanes) is 1. The average molecular weight is 349 g/mol. The summed E-state index contributed by atoms with van der Waals surface area (Å²) >= 11 is 5.94. The highest BCUT2D eigenvalue weighted by Gasteiger charge is 2.08. The van der Waals surface area contributed by atoms with Gasteiger partial charge in [-0.05, 0) is 37.5 Å². The van der Waals surface area contributed by atoms with Crippen LogP contribution < -0.4 is 10.2 Å². The molecular weight excluding hydrogens is 328 g/mol. The van der Waals surface area contributed by atoms with Crippen molar-refractivity contribution in [3.8, 4) is 11.3 Å². The van der Waals surface area contributed by atoms with Crippen molar-refractivity contribution in [1.82, 2.24) is 15.3 Å². The van der Waals surface area contributed by atoms with Crippen LogP contribution >= 0.6 is 11.6 Å². The van der Waals surface area contributed by atoms with Gasteiger partial charge in [-0.3, -0.25) is 0 Å². The standard InChI is InChI=1S/C17H21ClN4O2/c1-22(2)16-20-14(5-3-4-10-19-17(23)24)11-15(21-16)12-6-8-13(18)9-7-12/h6-9,11,19H,3-5,10H2,1-2H3,(H,23,24). The van der Waals surface area contributed by atoms with Crippen LogP contribution in [0.4, 0.5) is 10.7 Å². The number of hydrogen-bond acceptors (Lipinski definition) is 4. The van der Waals surface area contributed by atoms with Crippen LogP contribution in [0.25, 0.3) is 11.3 Å². The summed E-state index contributed by atoms with van der Waals surface area (Å²) in [4.78, 5) is 21.4. The molecule has 7 heteroatoms. The highest BCUT2D eigenvalue weighted by molar-refractivity contribution is 6.30. The van der Waals surface area contributed by atoms with Crippen LogP contribution in [0.15, 0.2) is 30.3 Å². The van der Waals surface area contributed by atoms with Crippen LogP contribution in [-0.2, 0) is 6.42 Å². The van der Waals surface area contributed by atoms with E-state index in [1.807, 2.05) is 49.3 Å². The summed E-state index contributed by atoms with van der Waals surface area (Å²) in [5, 5.41) is 11.6. The molecule has 2 aromatic rings. The van der Waals surface area contributed by atoms with E-state index in [9.17, 15) is 4.79 Å². The minimum Gasteiger partial charge on any atom is -0.465 e. The van der Waals surface area contributed by atoms with Gasteiger partial charge in [-0.1, -0.05) is 23.7 Å². The molecule has 1 amide bonds. The predicted octanol–water partition coefficient (Wildman–Crippen LogP) is 3.45. The minimum atomic E-state index is -0.989. The van der Waals surface area contributed by atoms with Crippen LogP contribution in [0.2, 0.25) is 5.02 Å². The number of nitrogens with zero attached hydrogens (tertiary/aromatic N) is 3. The summed E-state index contributed by atoms with van der Waals surface area (Å²) in [5.74, 6) is 0.654. The third kappa shape index (κ3) is 5.38. The number of aromatic nitrogens is 2. The van der Waals surface area contributed by atoms with Crippen molar-refractivity contribution in [2.24, 2.45) is 0 Å². The smallest absolute Gasteiger partial charge is 0.404 e. The summed E-state index contributed by atoms with van der Waals surface area (Å²) in [7, 11) is 3.81. The van der Waals surface area contributed by atoms with E-state index in [1.54, 1.807) is 0 Å². The maximum absolute atomic E-state index is 10.4. The largest absolute Gasteiger partial charge is 0.465 e. The molecule has 128 valence electrons. The third-order valence-electron chi connectivity index (χ3n) is 3.44. The number of halogens is 1. The Bertz CT molecular complexity index is 689. The molecule has 0 bridgehead atoms. The Balaban J connectivity index is 2.12. The second kappa shape index (κ2) is 8.49. The van der Waals surface area contributed by atoms with E-state index in [0.717, 1.165) is 36.2 Å². The van der Waals surface area contributed by atoms with Crippen molar-refractivity contribution in [3.05, 3.63) is 41.0 Å². The average Bonchev–Trinajstić information content (AvgIpc) is 2.54. The number of aryl methyl sites for hydroxylation is 1. The molecule has 0 spiro atoms. The summed E-state index contributed by atoms with van der Waals surface area (Å²) < 4.78 is 0. The first-order valence-corrected chi connectivity index (χ1v) is 8.11. The van der Waals surface area contributed by atoms with Crippen molar-refractivity contribution in [2.75, 3.05) is 25.5 Å². The zero-order valence-corrected chi connectivity index (χ0v) is 14.5. The fourth-order valence-corrected chi connectivity index (χ4v) is 2.33. The van der Waals surface area contributed by atoms with Crippen LogP contribution in [0.3, 0.4) is 0 Å². The highest BCUT2D eigenvalue weighted by atomic mass is 35.5. The molecule has 0 saturated carbocycles. The molecule has 1 aromatic carbocycles. The van der Waals surface area contributed by atoms with Crippen molar-refractivity contribution < 1.29 is 9.90 Å². The molecule has 0 radical (unpaired) electrons. The molecule has 0 fully saturated rings. The van der Waals surface area contributed by atoms with Gasteiger partial charge in [0.1, 0.15) is 0 Å². The first kappa shape index (κ1) is 18.0. The molecule has 24 heavy (non-hydrogen) atoms. The van der Waals surface area contributed by atoms with Crippen molar-refractivity contribution in [3.63, 3.8) is 0 Å². The number of anilines is 1. The molecule has 1 aromatic heterocycles. The van der Waals surface area contributed by atoms with Gasteiger partial charge in [0.2, 0.25) is 5.95 Å². The lowest BCUT2D eigenvalue weighted by Crippen LogP contribution is -2.21. The topological polar surface area (TPSA) is 78.4 Å². The van der Waals surface area contributed by atoms with Gasteiger partial charge in [0.15, 0.2) is 0 Å². The van der Waals surface area contributed by atoms with Gasteiger partial charge in [0, 0.05) is 36.9 Å². The van der Waals surface area contributed by atoms with Gasteiger partial charge >= 0.3 is 6.09 Å². The van der Waals surface area contributed by atoms with Gasteiger partial charge in [-0.15, -0.1) is 0 Å². The van der Waals surface area contributed by atoms with Crippen molar-refractivity contribution in [1.29, 1.82) is 0 Å². The molecule has 0 unspecified atom stereocenters. The van der Waals surface area contributed by atoms with E-state index >= 15 is 0 Å². The maximum Gasteiger partial charge on any atom is 0.404 e. The fourth-order valence-electron chi connectivity index (χ4n) is 2.21. The predicted molar refractivity (Wildman–Crippen MR) is 95.8 cm³/mol. The normalized spacial score (nSPS) is 10.5. The minimum absolute atomic E-state index is 0.449. The monoisotopic (exact) mass is 348 g/mol. The molecule has 2 N–H and O–H groups in total. The van der Waals surface area contributed by atoms with E-state index in [4.69, 9.17) is 16.7 Å². The number of hydrogen-bond donors (Lipinski definition) is 2. The molecule has 6 nitrogen and oxygen atoms in total. The summed E-state index contributed by atoms with van der Waals surface area (Å²) in [6, 6.07) is 9.52. The fraction of sp³-hybridized carbons (Fsp3) is 0.353. The van der Waals surface area contributed by atoms with Gasteiger partial charge < -0.3 is 15.3 Å². The number of carbonyl (C=O) groups is 1. The first-order valence-electron chi connectivity index (χ1n) is 7.73. The van der Waals surface area contributed by atoms with Crippen LogP contribution in [-0.4, -0.2) is 41.8 Å². The van der Waals surface area contributed by atoms with Crippen molar-refractivity contribution in [2.45, 2.75) is 19.3 Å². The molecule has 0 aliphatic heterocycles. The van der Waals surface area contributed by atoms with Gasteiger partial charge in [-0.25, -0.2) is 14.8 Å². The molecule has 0 aliphatic carbocycles. The lowest BCUT2D eigenvalue weighted by Gasteiger charge is -2.14. The van der Waals surface area contributed by atoms with E-state index < -0.39 is 6.09 Å². The Hall–Kier alpha value is -2.34. The Kier molecular flexibility index (Phi) is 6.37. The van der Waals surface area contributed by atoms with Crippen molar-refractivity contribution >= 4 is 23.6 Å². The van der Waals surface area contributed by atoms with Crippen LogP contribution in [0.5, 0.6) is 0 Å². The van der Waals surface area contributed by atoms with E-state index in [0.29, 0.717) is 17.5 Å². The van der Waals surface area contributed by atoms with Gasteiger partial charge in [-0.2, -0.15) is 0 Å². The van der Waals surface area contributed by atoms with Gasteiger partial charge in [0.25, 0.3) is 0 Å². The lowest BCUT2D eigenvalue weighted by molar-refractivity contribution is 0.194. The zero-order valence-electron chi connectivity index (χ0n) is 13.8. The van der Waals surface area contributed by atoms with E-state index in [2.05, 4.69) is 15.3 Å². The van der Waals surface area contributed by atoms with Crippen LogP contribution in [0, 0.1) is 0 Å². The van der Waals surface area contributed by atoms with Crippen LogP contribution in [0.1, 0.15) is 18.5 Å². The third-order valence-corrected chi connectivity index (χ3v) is 3.70. The Labute approximate surface area is 146 Å². The Morgan fingerprint density at radius 3 is 2.54 bits per heavy atom. The Morgan fingerprint density at radius 2 is 1.92 bits per heavy atom. The summed E-state index contributed by atoms with van der Waals surface area (Å²) in [5.41, 5.74) is 2.77. The second-order valence-corrected chi connectivity index (χ2v) is 6.07. The Morgan fingerprint density at radius 1 is 1.21 bits per heavy atom. The zero-order chi connectivity index (χ0) is 17.5. The number of nitrogens with one attached hydrogen (secondary N) is 1. The number of carboxylic acid groups (broad SMARTS) is 1. The molecule has 2 rings (SSSR count). The molecule has 0 saturated heterocycles. The summed E-state index contributed by atoms with van der Waals surface area (Å²) in [6.45, 7) is 0.449. The molecule has 0 atom stereocenters. The molecule has 1 heterocycles. The summed E-state index contributed by atoms with van der Waals surface area (Å²) in [6.07, 6.45) is 1.40. The van der Waals surface area contributed by atoms with E-state index in [1.165, 1.54) is 0 Å². The SMILES string of the molecule is CN(C)c1nc(CCCCNC(=O)O)cc(-c2ccc(Cl)cc2)n1.